The number of rotatable bonds is 7. The van der Waals surface area contributed by atoms with Crippen molar-refractivity contribution in [3.05, 3.63) is 62.5 Å². The van der Waals surface area contributed by atoms with Gasteiger partial charge in [-0.2, -0.15) is 10.5 Å². The molecule has 0 saturated heterocycles. The highest BCUT2D eigenvalue weighted by molar-refractivity contribution is 9.10. The molecule has 0 radical (unpaired) electrons. The molecule has 0 aliphatic carbocycles. The van der Waals surface area contributed by atoms with E-state index in [1.165, 1.54) is 0 Å². The largest absolute Gasteiger partial charge is 0.312 e. The lowest BCUT2D eigenvalue weighted by Crippen LogP contribution is -3.16. The number of quaternary nitrogens is 1. The maximum Gasteiger partial charge on any atom is 0.312 e. The van der Waals surface area contributed by atoms with Crippen molar-refractivity contribution in [2.45, 2.75) is 46.1 Å². The van der Waals surface area contributed by atoms with Gasteiger partial charge in [-0.25, -0.2) is 5.01 Å². The maximum atomic E-state index is 12.8. The summed E-state index contributed by atoms with van der Waals surface area (Å²) in [6.45, 7) is 7.01. The van der Waals surface area contributed by atoms with Crippen molar-refractivity contribution in [2.75, 3.05) is 18.6 Å². The molecule has 1 aliphatic rings. The highest BCUT2D eigenvalue weighted by Gasteiger charge is 2.34. The molecule has 0 saturated carbocycles. The summed E-state index contributed by atoms with van der Waals surface area (Å²) in [7, 11) is 1.95. The Morgan fingerprint density at radius 3 is 2.52 bits per heavy atom. The van der Waals surface area contributed by atoms with Crippen LogP contribution in [0.1, 0.15) is 51.6 Å². The first-order valence-electron chi connectivity index (χ1n) is 10.6. The van der Waals surface area contributed by atoms with Gasteiger partial charge in [0.05, 0.1) is 30.3 Å². The Kier molecular flexibility index (Phi) is 10.3. The minimum absolute atomic E-state index is 0.126. The monoisotopic (exact) mass is 527 g/mol. The zero-order valence-corrected chi connectivity index (χ0v) is 21.5. The summed E-state index contributed by atoms with van der Waals surface area (Å²) in [5, 5.41) is 8.48. The molecule has 8 heteroatoms. The van der Waals surface area contributed by atoms with Crippen LogP contribution < -0.4 is 15.4 Å². The molecule has 168 valence electrons. The van der Waals surface area contributed by atoms with E-state index in [0.29, 0.717) is 22.2 Å². The first-order valence-corrected chi connectivity index (χ1v) is 12.1. The second kappa shape index (κ2) is 12.4. The van der Waals surface area contributed by atoms with Gasteiger partial charge in [0.2, 0.25) is 0 Å². The molecule has 2 unspecified atom stereocenters. The standard InChI is InChI=1S/C21H23BrCl2N4O.C2H6/c1-3-4-11-27(2)26-21(29)18-13-20(14-5-7-15(22)8-6-14)28(25-18)19-10-9-16(23)12-17(19)24;1-2/h5-10,12,20H,3-4,11,13H2,1-2H3,(H,26,29);1-2H3/p+1. The predicted octanol–water partition coefficient (Wildman–Crippen LogP) is 5.44. The fourth-order valence-corrected chi connectivity index (χ4v) is 4.01. The van der Waals surface area contributed by atoms with E-state index in [4.69, 9.17) is 23.2 Å². The van der Waals surface area contributed by atoms with Gasteiger partial charge >= 0.3 is 5.91 Å². The summed E-state index contributed by atoms with van der Waals surface area (Å²) in [6, 6.07) is 13.2. The van der Waals surface area contributed by atoms with Gasteiger partial charge in [-0.3, -0.25) is 9.80 Å². The summed E-state index contributed by atoms with van der Waals surface area (Å²) in [5.74, 6) is -0.159. The molecule has 0 aromatic heterocycles. The van der Waals surface area contributed by atoms with E-state index >= 15 is 0 Å². The van der Waals surface area contributed by atoms with Crippen LogP contribution in [0, 0.1) is 0 Å². The normalized spacial score (nSPS) is 16.3. The summed E-state index contributed by atoms with van der Waals surface area (Å²) in [4.78, 5) is 12.8. The Labute approximate surface area is 203 Å². The van der Waals surface area contributed by atoms with Crippen molar-refractivity contribution in [3.8, 4) is 0 Å². The van der Waals surface area contributed by atoms with Crippen molar-refractivity contribution in [2.24, 2.45) is 5.10 Å². The number of hydrazone groups is 1. The molecule has 0 spiro atoms. The number of nitrogens with one attached hydrogen (secondary N) is 2. The van der Waals surface area contributed by atoms with Crippen LogP contribution in [0.25, 0.3) is 0 Å². The second-order valence-electron chi connectivity index (χ2n) is 7.10. The van der Waals surface area contributed by atoms with Crippen LogP contribution >= 0.6 is 39.1 Å². The molecule has 0 bridgehead atoms. The van der Waals surface area contributed by atoms with Gasteiger partial charge in [-0.15, -0.1) is 0 Å². The molecular weight excluding hydrogens is 499 g/mol. The van der Waals surface area contributed by atoms with Crippen molar-refractivity contribution in [1.29, 1.82) is 0 Å². The van der Waals surface area contributed by atoms with Gasteiger partial charge in [0.1, 0.15) is 5.71 Å². The third kappa shape index (κ3) is 6.94. The van der Waals surface area contributed by atoms with Crippen LogP contribution in [0.5, 0.6) is 0 Å². The quantitative estimate of drug-likeness (QED) is 0.470. The first-order chi connectivity index (χ1) is 14.9. The molecule has 0 fully saturated rings. The Hall–Kier alpha value is -1.60. The van der Waals surface area contributed by atoms with Crippen LogP contribution in [0.15, 0.2) is 52.0 Å². The molecular formula is C23H30BrCl2N4O+. The van der Waals surface area contributed by atoms with E-state index in [0.717, 1.165) is 40.1 Å². The maximum absolute atomic E-state index is 12.8. The number of carbonyl (C=O) groups is 1. The average Bonchev–Trinajstić information content (AvgIpc) is 3.19. The number of carbonyl (C=O) groups excluding carboxylic acids is 1. The highest BCUT2D eigenvalue weighted by Crippen LogP contribution is 2.39. The van der Waals surface area contributed by atoms with Gasteiger partial charge in [-0.05, 0) is 42.3 Å². The molecule has 5 nitrogen and oxygen atoms in total. The molecule has 3 rings (SSSR count). The van der Waals surface area contributed by atoms with E-state index in [2.05, 4.69) is 33.4 Å². The second-order valence-corrected chi connectivity index (χ2v) is 8.86. The summed E-state index contributed by atoms with van der Waals surface area (Å²) < 4.78 is 0.996. The number of halogens is 3. The SMILES string of the molecule is CC.CCCC[NH+](C)NC(=O)C1=NN(c2ccc(Cl)cc2Cl)C(c2ccc(Br)cc2)C1. The minimum atomic E-state index is -0.159. The topological polar surface area (TPSA) is 49.1 Å². The van der Waals surface area contributed by atoms with Crippen LogP contribution in [-0.2, 0) is 4.79 Å². The smallest absolute Gasteiger partial charge is 0.263 e. The molecule has 31 heavy (non-hydrogen) atoms. The van der Waals surface area contributed by atoms with E-state index in [9.17, 15) is 4.79 Å². The zero-order chi connectivity index (χ0) is 23.0. The van der Waals surface area contributed by atoms with Gasteiger partial charge in [0.15, 0.2) is 0 Å². The number of benzene rings is 2. The Balaban J connectivity index is 0.00000166. The molecule has 2 N–H and O–H groups in total. The molecule has 1 heterocycles. The molecule has 2 atom stereocenters. The number of nitrogens with zero attached hydrogens (tertiary/aromatic N) is 2. The van der Waals surface area contributed by atoms with E-state index < -0.39 is 0 Å². The first kappa shape index (κ1) is 25.7. The van der Waals surface area contributed by atoms with Crippen LogP contribution in [0.3, 0.4) is 0 Å². The number of anilines is 1. The van der Waals surface area contributed by atoms with Gasteiger partial charge in [0, 0.05) is 15.9 Å². The number of amides is 1. The lowest BCUT2D eigenvalue weighted by atomic mass is 10.0. The molecule has 1 aliphatic heterocycles. The van der Waals surface area contributed by atoms with Gasteiger partial charge in [0.25, 0.3) is 0 Å². The van der Waals surface area contributed by atoms with E-state index in [1.54, 1.807) is 12.1 Å². The number of unbranched alkanes of at least 4 members (excludes halogenated alkanes) is 1. The minimum Gasteiger partial charge on any atom is -0.263 e. The Morgan fingerprint density at radius 2 is 1.90 bits per heavy atom. The van der Waals surface area contributed by atoms with Crippen molar-refractivity contribution in [3.63, 3.8) is 0 Å². The fraction of sp³-hybridized carbons (Fsp3) is 0.391. The van der Waals surface area contributed by atoms with E-state index in [-0.39, 0.29) is 11.9 Å². The Morgan fingerprint density at radius 1 is 1.23 bits per heavy atom. The fourth-order valence-electron chi connectivity index (χ4n) is 3.25. The lowest BCUT2D eigenvalue weighted by Gasteiger charge is -2.25. The third-order valence-corrected chi connectivity index (χ3v) is 5.88. The van der Waals surface area contributed by atoms with Gasteiger partial charge in [-0.1, -0.05) is 78.5 Å². The molecule has 2 aromatic rings. The van der Waals surface area contributed by atoms with Crippen molar-refractivity contribution in [1.82, 2.24) is 5.43 Å². The summed E-state index contributed by atoms with van der Waals surface area (Å²) in [6.07, 6.45) is 2.63. The van der Waals surface area contributed by atoms with Crippen molar-refractivity contribution < 1.29 is 9.80 Å². The van der Waals surface area contributed by atoms with Gasteiger partial charge < -0.3 is 0 Å². The third-order valence-electron chi connectivity index (χ3n) is 4.82. The zero-order valence-electron chi connectivity index (χ0n) is 18.4. The number of hydrogen-bond acceptors (Lipinski definition) is 3. The summed E-state index contributed by atoms with van der Waals surface area (Å²) >= 11 is 16.0. The van der Waals surface area contributed by atoms with Crippen LogP contribution in [-0.4, -0.2) is 25.2 Å². The van der Waals surface area contributed by atoms with Crippen molar-refractivity contribution >= 4 is 56.4 Å². The predicted molar refractivity (Wildman–Crippen MR) is 134 cm³/mol. The highest BCUT2D eigenvalue weighted by atomic mass is 79.9. The summed E-state index contributed by atoms with van der Waals surface area (Å²) in [5.41, 5.74) is 5.25. The molecule has 1 amide bonds. The Bertz CT molecular complexity index is 905. The molecule has 2 aromatic carbocycles. The van der Waals surface area contributed by atoms with E-state index in [1.807, 2.05) is 56.2 Å². The average molecular weight is 529 g/mol. The van der Waals surface area contributed by atoms with Crippen LogP contribution in [0.4, 0.5) is 5.69 Å². The van der Waals surface area contributed by atoms with Crippen LogP contribution in [0.2, 0.25) is 10.0 Å². The lowest BCUT2D eigenvalue weighted by molar-refractivity contribution is -0.916. The number of hydrogen-bond donors (Lipinski definition) is 2.